The Balaban J connectivity index is 3.16. The summed E-state index contributed by atoms with van der Waals surface area (Å²) in [7, 11) is 0. The van der Waals surface area contributed by atoms with Crippen molar-refractivity contribution in [2.75, 3.05) is 26.7 Å². The van der Waals surface area contributed by atoms with Crippen LogP contribution in [0.2, 0.25) is 0 Å². The molecule has 1 aliphatic rings. The number of alkyl halides is 2. The molecule has 0 radical (unpaired) electrons. The van der Waals surface area contributed by atoms with E-state index in [9.17, 15) is 13.9 Å². The van der Waals surface area contributed by atoms with Gasteiger partial charge in [0.1, 0.15) is 0 Å². The van der Waals surface area contributed by atoms with Crippen molar-refractivity contribution in [3.05, 3.63) is 0 Å². The van der Waals surface area contributed by atoms with Crippen LogP contribution in [-0.2, 0) is 0 Å². The van der Waals surface area contributed by atoms with Crippen molar-refractivity contribution in [1.82, 2.24) is 4.90 Å². The predicted octanol–water partition coefficient (Wildman–Crippen LogP) is 1.20. The fourth-order valence-corrected chi connectivity index (χ4v) is 1.64. The summed E-state index contributed by atoms with van der Waals surface area (Å²) in [5.74, 6) is -1.54. The summed E-state index contributed by atoms with van der Waals surface area (Å²) in [4.78, 5) is 0.870. The number of hydrogen-bond acceptors (Lipinski definition) is 2. The Morgan fingerprint density at radius 3 is 3.00 bits per heavy atom. The van der Waals surface area contributed by atoms with E-state index in [1.807, 2.05) is 0 Å². The molecule has 0 saturated carbocycles. The molecule has 0 amide bonds. The number of likely N-dealkylation sites (tertiary alicyclic amines) is 1. The molecule has 2 nitrogen and oxygen atoms in total. The van der Waals surface area contributed by atoms with Gasteiger partial charge in [0.15, 0.2) is 0 Å². The summed E-state index contributed by atoms with van der Waals surface area (Å²) in [5.41, 5.74) is -2.10. The molecule has 1 fully saturated rings. The third kappa shape index (κ3) is 2.17. The first-order valence-corrected chi connectivity index (χ1v) is 4.10. The molecular weight excluding hydrogens is 176 g/mol. The van der Waals surface area contributed by atoms with Gasteiger partial charge in [-0.15, -0.1) is 0 Å². The maximum absolute atomic E-state index is 13.0. The number of nitrogens with zero attached hydrogens (tertiary/aromatic N) is 1. The summed E-state index contributed by atoms with van der Waals surface area (Å²) in [6.07, 6.45) is -3.18. The van der Waals surface area contributed by atoms with Gasteiger partial charge in [-0.2, -0.15) is 0 Å². The number of aliphatic hydroxyl groups is 1. The highest BCUT2D eigenvalue weighted by molar-refractivity contribution is 4.90. The summed E-state index contributed by atoms with van der Waals surface area (Å²) in [6.45, 7) is -7.13. The van der Waals surface area contributed by atoms with Crippen molar-refractivity contribution in [2.24, 2.45) is 11.3 Å². The maximum atomic E-state index is 13.0. The Morgan fingerprint density at radius 1 is 1.77 bits per heavy atom. The van der Waals surface area contributed by atoms with E-state index in [-0.39, 0.29) is 13.0 Å². The topological polar surface area (TPSA) is 23.5 Å². The molecule has 0 bridgehead atoms. The van der Waals surface area contributed by atoms with E-state index in [0.29, 0.717) is 0 Å². The number of aliphatic hydroxyl groups excluding tert-OH is 1. The fraction of sp³-hybridized carbons (Fsp3) is 1.00. The molecule has 0 unspecified atom stereocenters. The van der Waals surface area contributed by atoms with Gasteiger partial charge in [0.25, 0.3) is 0 Å². The Morgan fingerprint density at radius 2 is 2.54 bits per heavy atom. The molecule has 0 aromatic rings. The lowest BCUT2D eigenvalue weighted by Gasteiger charge is -2.43. The second kappa shape index (κ2) is 3.88. The van der Waals surface area contributed by atoms with Crippen molar-refractivity contribution >= 4 is 0 Å². The molecule has 1 heterocycles. The van der Waals surface area contributed by atoms with Gasteiger partial charge in [0, 0.05) is 26.1 Å². The van der Waals surface area contributed by atoms with Gasteiger partial charge in [-0.25, -0.2) is 8.78 Å². The standard InChI is InChI=1S/C9H17F2NO/c1-9(6-13)5-12(2)4-3-7(9)8(10)11/h7-8,13H,3-6H2,1-2H3/t7-,9+/m1/s1/i1D3,2D3. The Kier molecular flexibility index (Phi) is 1.50. The quantitative estimate of drug-likeness (QED) is 0.722. The minimum absolute atomic E-state index is 0.136. The van der Waals surface area contributed by atoms with Crippen LogP contribution in [0, 0.1) is 11.3 Å². The minimum Gasteiger partial charge on any atom is -0.396 e. The zero-order valence-electron chi connectivity index (χ0n) is 13.1. The predicted molar refractivity (Wildman–Crippen MR) is 46.8 cm³/mol. The molecule has 0 aromatic carbocycles. The Labute approximate surface area is 86.0 Å². The largest absolute Gasteiger partial charge is 0.396 e. The van der Waals surface area contributed by atoms with Crippen molar-refractivity contribution in [2.45, 2.75) is 19.7 Å². The molecule has 1 N–H and O–H groups in total. The average molecular weight is 199 g/mol. The van der Waals surface area contributed by atoms with Gasteiger partial charge >= 0.3 is 0 Å². The first kappa shape index (κ1) is 5.03. The normalized spacial score (nSPS) is 45.7. The van der Waals surface area contributed by atoms with Crippen molar-refractivity contribution in [3.63, 3.8) is 0 Å². The summed E-state index contributed by atoms with van der Waals surface area (Å²) in [6, 6.07) is 0. The zero-order chi connectivity index (χ0) is 15.1. The van der Waals surface area contributed by atoms with E-state index in [4.69, 9.17) is 8.22 Å². The SMILES string of the molecule is [2H]C([2H])([2H])N1CC[C@H](C(F)F)[C@@](CO)(C([2H])([2H])[2H])C1. The molecular formula is C9H17F2NO. The van der Waals surface area contributed by atoms with Crippen molar-refractivity contribution in [1.29, 1.82) is 0 Å². The molecule has 1 aliphatic heterocycles. The van der Waals surface area contributed by atoms with Crippen LogP contribution >= 0.6 is 0 Å². The first-order valence-electron chi connectivity index (χ1n) is 7.10. The molecule has 2 atom stereocenters. The van der Waals surface area contributed by atoms with E-state index < -0.39 is 44.7 Å². The van der Waals surface area contributed by atoms with Crippen LogP contribution in [0.3, 0.4) is 0 Å². The monoisotopic (exact) mass is 199 g/mol. The van der Waals surface area contributed by atoms with Gasteiger partial charge < -0.3 is 10.0 Å². The molecule has 78 valence electrons. The summed E-state index contributed by atoms with van der Waals surface area (Å²) < 4.78 is 70.1. The van der Waals surface area contributed by atoms with Crippen molar-refractivity contribution in [3.8, 4) is 0 Å². The van der Waals surface area contributed by atoms with Crippen LogP contribution in [0.15, 0.2) is 0 Å². The zero-order valence-corrected chi connectivity index (χ0v) is 7.13. The van der Waals surface area contributed by atoms with Gasteiger partial charge in [-0.3, -0.25) is 0 Å². The van der Waals surface area contributed by atoms with Crippen LogP contribution in [-0.4, -0.2) is 43.1 Å². The lowest BCUT2D eigenvalue weighted by Crippen LogP contribution is -2.50. The molecule has 0 aromatic heterocycles. The van der Waals surface area contributed by atoms with Crippen LogP contribution in [0.5, 0.6) is 0 Å². The Hall–Kier alpha value is -0.220. The number of rotatable bonds is 2. The number of piperidine rings is 1. The first-order chi connectivity index (χ1) is 8.45. The van der Waals surface area contributed by atoms with E-state index in [1.165, 1.54) is 0 Å². The fourth-order valence-electron chi connectivity index (χ4n) is 1.64. The average Bonchev–Trinajstić information content (AvgIpc) is 2.25. The molecule has 4 heteroatoms. The Bertz CT molecular complexity index is 321. The van der Waals surface area contributed by atoms with Crippen LogP contribution in [0.25, 0.3) is 0 Å². The van der Waals surface area contributed by atoms with Crippen LogP contribution < -0.4 is 0 Å². The lowest BCUT2D eigenvalue weighted by atomic mass is 9.73. The van der Waals surface area contributed by atoms with Crippen LogP contribution in [0.4, 0.5) is 8.78 Å². The highest BCUT2D eigenvalue weighted by Crippen LogP contribution is 2.38. The lowest BCUT2D eigenvalue weighted by molar-refractivity contribution is -0.0715. The van der Waals surface area contributed by atoms with Crippen LogP contribution in [0.1, 0.15) is 21.5 Å². The van der Waals surface area contributed by atoms with Gasteiger partial charge in [-0.05, 0) is 19.9 Å². The van der Waals surface area contributed by atoms with E-state index >= 15 is 0 Å². The molecule has 1 saturated heterocycles. The molecule has 13 heavy (non-hydrogen) atoms. The molecule has 1 rings (SSSR count). The van der Waals surface area contributed by atoms with Gasteiger partial charge in [0.05, 0.1) is 6.61 Å². The highest BCUT2D eigenvalue weighted by atomic mass is 19.3. The third-order valence-corrected chi connectivity index (χ3v) is 2.48. The number of halogens is 2. The summed E-state index contributed by atoms with van der Waals surface area (Å²) >= 11 is 0. The van der Waals surface area contributed by atoms with E-state index in [2.05, 4.69) is 0 Å². The maximum Gasteiger partial charge on any atom is 0.242 e. The van der Waals surface area contributed by atoms with Gasteiger partial charge in [0.2, 0.25) is 6.43 Å². The van der Waals surface area contributed by atoms with Crippen molar-refractivity contribution < 1.29 is 22.1 Å². The smallest absolute Gasteiger partial charge is 0.242 e. The third-order valence-electron chi connectivity index (χ3n) is 2.48. The minimum atomic E-state index is -2.91. The highest BCUT2D eigenvalue weighted by Gasteiger charge is 2.42. The van der Waals surface area contributed by atoms with Gasteiger partial charge in [-0.1, -0.05) is 6.85 Å². The molecule has 0 spiro atoms. The second-order valence-electron chi connectivity index (χ2n) is 3.47. The van der Waals surface area contributed by atoms with E-state index in [0.717, 1.165) is 4.90 Å². The summed E-state index contributed by atoms with van der Waals surface area (Å²) in [5, 5.41) is 9.38. The second-order valence-corrected chi connectivity index (χ2v) is 3.47. The molecule has 0 aliphatic carbocycles. The number of hydrogen-bond donors (Lipinski definition) is 1. The van der Waals surface area contributed by atoms with E-state index in [1.54, 1.807) is 0 Å².